The average Bonchev–Trinajstić information content (AvgIpc) is 3.47. The van der Waals surface area contributed by atoms with E-state index in [1.54, 1.807) is 24.9 Å². The molecule has 222 valence electrons. The number of rotatable bonds is 25. The predicted molar refractivity (Wildman–Crippen MR) is 165 cm³/mol. The molecule has 39 heavy (non-hydrogen) atoms. The van der Waals surface area contributed by atoms with Gasteiger partial charge in [0.2, 0.25) is 0 Å². The third-order valence-electron chi connectivity index (χ3n) is 7.34. The molecule has 0 spiro atoms. The molecule has 1 heterocycles. The third kappa shape index (κ3) is 17.0. The number of unbranched alkanes of at least 4 members (excludes halogenated alkanes) is 15. The molecule has 0 N–H and O–H groups in total. The summed E-state index contributed by atoms with van der Waals surface area (Å²) in [4.78, 5) is 14.8. The van der Waals surface area contributed by atoms with Crippen LogP contribution in [-0.4, -0.2) is 49.8 Å². The minimum Gasteiger partial charge on any atom is -0.459 e. The monoisotopic (exact) mass is 561 g/mol. The molecule has 1 aromatic rings. The molecule has 1 aromatic carbocycles. The van der Waals surface area contributed by atoms with Crippen LogP contribution in [0, 0.1) is 0 Å². The van der Waals surface area contributed by atoms with Crippen molar-refractivity contribution < 1.29 is 19.0 Å². The van der Waals surface area contributed by atoms with Crippen molar-refractivity contribution in [2.24, 2.45) is 0 Å². The summed E-state index contributed by atoms with van der Waals surface area (Å²) in [5, 5.41) is 2.09. The topological polar surface area (TPSA) is 48.0 Å². The van der Waals surface area contributed by atoms with Crippen LogP contribution >= 0.6 is 11.8 Å². The number of methoxy groups -OCH3 is 1. The van der Waals surface area contributed by atoms with Crippen molar-refractivity contribution in [2.45, 2.75) is 122 Å². The number of esters is 1. The number of carbonyl (C=O) groups is 1. The maximum Gasteiger partial charge on any atom is 0.338 e. The van der Waals surface area contributed by atoms with E-state index in [4.69, 9.17) is 14.2 Å². The highest BCUT2D eigenvalue weighted by Crippen LogP contribution is 2.19. The van der Waals surface area contributed by atoms with E-state index in [0.29, 0.717) is 12.2 Å². The predicted octanol–water partition coefficient (Wildman–Crippen LogP) is 9.11. The maximum absolute atomic E-state index is 12.5. The second-order valence-electron chi connectivity index (χ2n) is 10.9. The minimum atomic E-state index is -0.317. The molecule has 0 radical (unpaired) electrons. The van der Waals surface area contributed by atoms with Crippen LogP contribution in [0.3, 0.4) is 0 Å². The number of hydrogen-bond donors (Lipinski definition) is 0. The van der Waals surface area contributed by atoms with Gasteiger partial charge in [-0.3, -0.25) is 0 Å². The van der Waals surface area contributed by atoms with Crippen molar-refractivity contribution in [1.82, 2.24) is 4.90 Å². The summed E-state index contributed by atoms with van der Waals surface area (Å²) >= 11 is 1.77. The van der Waals surface area contributed by atoms with Gasteiger partial charge in [-0.05, 0) is 29.5 Å². The molecule has 2 rings (SSSR count). The summed E-state index contributed by atoms with van der Waals surface area (Å²) < 4.78 is 16.8. The molecule has 0 aromatic heterocycles. The van der Waals surface area contributed by atoms with Gasteiger partial charge in [-0.2, -0.15) is 0 Å². The summed E-state index contributed by atoms with van der Waals surface area (Å²) in [7, 11) is 1.64. The van der Waals surface area contributed by atoms with Crippen LogP contribution in [0.4, 0.5) is 0 Å². The van der Waals surface area contributed by atoms with Crippen molar-refractivity contribution >= 4 is 17.7 Å². The molecular weight excluding hydrogens is 506 g/mol. The number of benzene rings is 1. The van der Waals surface area contributed by atoms with Crippen LogP contribution in [0.25, 0.3) is 0 Å². The number of carbonyl (C=O) groups excluding carboxylic acids is 1. The van der Waals surface area contributed by atoms with Crippen LogP contribution in [0.5, 0.6) is 0 Å². The Balaban J connectivity index is 1.40. The van der Waals surface area contributed by atoms with E-state index in [-0.39, 0.29) is 18.7 Å². The molecule has 0 amide bonds. The molecule has 0 fully saturated rings. The van der Waals surface area contributed by atoms with Crippen LogP contribution < -0.4 is 0 Å². The lowest BCUT2D eigenvalue weighted by Crippen LogP contribution is -2.26. The highest BCUT2D eigenvalue weighted by Gasteiger charge is 2.14. The van der Waals surface area contributed by atoms with Crippen molar-refractivity contribution in [3.8, 4) is 0 Å². The standard InChI is InChI=1S/C33H55NO4S/c1-3-4-5-6-7-8-9-10-11-12-13-14-15-16-17-18-23-37-27-32(36-2)28-38-33(35)31-21-19-20-30(25-31)26-34-22-24-39-29-34/h19-22,24-25,32H,3-18,23,26-29H2,1-2H3. The summed E-state index contributed by atoms with van der Waals surface area (Å²) in [5.41, 5.74) is 1.68. The van der Waals surface area contributed by atoms with Gasteiger partial charge in [0.1, 0.15) is 12.7 Å². The van der Waals surface area contributed by atoms with E-state index < -0.39 is 0 Å². The van der Waals surface area contributed by atoms with Gasteiger partial charge in [0.05, 0.1) is 18.0 Å². The molecule has 1 atom stereocenters. The Hall–Kier alpha value is -1.50. The molecule has 0 saturated heterocycles. The van der Waals surface area contributed by atoms with E-state index in [1.807, 2.05) is 18.2 Å². The Kier molecular flexibility index (Phi) is 20.1. The van der Waals surface area contributed by atoms with E-state index in [0.717, 1.165) is 31.0 Å². The lowest BCUT2D eigenvalue weighted by molar-refractivity contribution is -0.0314. The lowest BCUT2D eigenvalue weighted by Gasteiger charge is -2.17. The van der Waals surface area contributed by atoms with Gasteiger partial charge in [-0.1, -0.05) is 115 Å². The molecule has 1 aliphatic rings. The molecule has 1 unspecified atom stereocenters. The van der Waals surface area contributed by atoms with Gasteiger partial charge in [0, 0.05) is 26.5 Å². The summed E-state index contributed by atoms with van der Waals surface area (Å²) in [6.45, 7) is 4.45. The Labute approximate surface area is 243 Å². The highest BCUT2D eigenvalue weighted by atomic mass is 32.2. The average molecular weight is 562 g/mol. The molecule has 0 bridgehead atoms. The van der Waals surface area contributed by atoms with Gasteiger partial charge in [0.25, 0.3) is 0 Å². The number of ether oxygens (including phenoxy) is 3. The molecule has 1 aliphatic heterocycles. The first kappa shape index (κ1) is 33.7. The fraction of sp³-hybridized carbons (Fsp3) is 0.727. The van der Waals surface area contributed by atoms with Gasteiger partial charge in [-0.25, -0.2) is 4.79 Å². The van der Waals surface area contributed by atoms with E-state index in [9.17, 15) is 4.79 Å². The quantitative estimate of drug-likeness (QED) is 0.0876. The fourth-order valence-electron chi connectivity index (χ4n) is 4.84. The lowest BCUT2D eigenvalue weighted by atomic mass is 10.0. The van der Waals surface area contributed by atoms with Crippen molar-refractivity contribution in [2.75, 3.05) is 32.8 Å². The van der Waals surface area contributed by atoms with Gasteiger partial charge < -0.3 is 19.1 Å². The number of nitrogens with zero attached hydrogens (tertiary/aromatic N) is 1. The zero-order valence-electron chi connectivity index (χ0n) is 24.9. The first-order valence-electron chi connectivity index (χ1n) is 15.6. The second kappa shape index (κ2) is 23.2. The van der Waals surface area contributed by atoms with E-state index in [1.165, 1.54) is 96.3 Å². The third-order valence-corrected chi connectivity index (χ3v) is 8.13. The van der Waals surface area contributed by atoms with E-state index >= 15 is 0 Å². The summed E-state index contributed by atoms with van der Waals surface area (Å²) in [6.07, 6.45) is 23.7. The van der Waals surface area contributed by atoms with Crippen LogP contribution in [-0.2, 0) is 20.8 Å². The largest absolute Gasteiger partial charge is 0.459 e. The molecule has 0 saturated carbocycles. The van der Waals surface area contributed by atoms with Crippen molar-refractivity contribution in [3.05, 3.63) is 47.0 Å². The number of hydrogen-bond acceptors (Lipinski definition) is 6. The van der Waals surface area contributed by atoms with Gasteiger partial charge in [-0.15, -0.1) is 11.8 Å². The Morgan fingerprint density at radius 1 is 0.872 bits per heavy atom. The fourth-order valence-corrected chi connectivity index (χ4v) is 5.56. The normalized spacial score (nSPS) is 13.7. The van der Waals surface area contributed by atoms with Gasteiger partial charge in [0.15, 0.2) is 0 Å². The first-order valence-corrected chi connectivity index (χ1v) is 16.7. The van der Waals surface area contributed by atoms with Crippen LogP contribution in [0.1, 0.15) is 126 Å². The first-order chi connectivity index (χ1) is 19.2. The minimum absolute atomic E-state index is 0.198. The Morgan fingerprint density at radius 3 is 2.05 bits per heavy atom. The number of thioether (sulfide) groups is 1. The van der Waals surface area contributed by atoms with Crippen molar-refractivity contribution in [3.63, 3.8) is 0 Å². The zero-order chi connectivity index (χ0) is 27.8. The Morgan fingerprint density at radius 2 is 1.49 bits per heavy atom. The summed E-state index contributed by atoms with van der Waals surface area (Å²) in [6, 6.07) is 7.66. The SMILES string of the molecule is CCCCCCCCCCCCCCCCCCOCC(COC(=O)c1cccc(CN2C=CSC2)c1)OC. The smallest absolute Gasteiger partial charge is 0.338 e. The van der Waals surface area contributed by atoms with Crippen LogP contribution in [0.15, 0.2) is 35.9 Å². The van der Waals surface area contributed by atoms with E-state index in [2.05, 4.69) is 23.4 Å². The Bertz CT molecular complexity index is 772. The maximum atomic E-state index is 12.5. The summed E-state index contributed by atoms with van der Waals surface area (Å²) in [5.74, 6) is 0.631. The van der Waals surface area contributed by atoms with Crippen molar-refractivity contribution in [1.29, 1.82) is 0 Å². The van der Waals surface area contributed by atoms with Gasteiger partial charge >= 0.3 is 5.97 Å². The second-order valence-corrected chi connectivity index (χ2v) is 11.7. The highest BCUT2D eigenvalue weighted by molar-refractivity contribution is 8.02. The zero-order valence-corrected chi connectivity index (χ0v) is 25.7. The molecule has 6 heteroatoms. The van der Waals surface area contributed by atoms with Crippen LogP contribution in [0.2, 0.25) is 0 Å². The molecule has 5 nitrogen and oxygen atoms in total. The molecular formula is C33H55NO4S. The molecule has 0 aliphatic carbocycles.